The highest BCUT2D eigenvalue weighted by Crippen LogP contribution is 1.93. The molecule has 0 heterocycles. The standard InChI is InChI=1S/C6H11NO4/c1-11-7-5(4-8)2-3-6(9)10/h4-5,7H,2-3H2,1H3,(H,9,10)/t5-/m1/s1. The van der Waals surface area contributed by atoms with Crippen LogP contribution in [-0.2, 0) is 14.4 Å². The first-order valence-electron chi connectivity index (χ1n) is 3.16. The SMILES string of the molecule is CON[C@@H](C=O)CCC(=O)O. The summed E-state index contributed by atoms with van der Waals surface area (Å²) in [5.41, 5.74) is 2.36. The number of hydrogen-bond donors (Lipinski definition) is 2. The molecule has 0 radical (unpaired) electrons. The average molecular weight is 161 g/mol. The fourth-order valence-corrected chi connectivity index (χ4v) is 0.585. The Hall–Kier alpha value is -0.940. The molecule has 0 aliphatic carbocycles. The van der Waals surface area contributed by atoms with Crippen molar-refractivity contribution in [3.8, 4) is 0 Å². The quantitative estimate of drug-likeness (QED) is 0.408. The van der Waals surface area contributed by atoms with E-state index in [0.717, 1.165) is 0 Å². The number of hydrogen-bond acceptors (Lipinski definition) is 4. The molecule has 0 bridgehead atoms. The number of nitrogens with one attached hydrogen (secondary N) is 1. The molecular weight excluding hydrogens is 150 g/mol. The maximum absolute atomic E-state index is 10.2. The first kappa shape index (κ1) is 10.1. The largest absolute Gasteiger partial charge is 0.481 e. The Morgan fingerprint density at radius 1 is 1.82 bits per heavy atom. The van der Waals surface area contributed by atoms with Gasteiger partial charge in [-0.25, -0.2) is 0 Å². The van der Waals surface area contributed by atoms with Crippen LogP contribution in [0.3, 0.4) is 0 Å². The normalized spacial score (nSPS) is 12.5. The number of carbonyl (C=O) groups excluding carboxylic acids is 1. The maximum Gasteiger partial charge on any atom is 0.303 e. The summed E-state index contributed by atoms with van der Waals surface area (Å²) in [4.78, 5) is 24.7. The topological polar surface area (TPSA) is 75.6 Å². The van der Waals surface area contributed by atoms with Gasteiger partial charge in [-0.05, 0) is 6.42 Å². The van der Waals surface area contributed by atoms with Crippen LogP contribution >= 0.6 is 0 Å². The smallest absolute Gasteiger partial charge is 0.303 e. The molecule has 0 aliphatic rings. The van der Waals surface area contributed by atoms with Crippen LogP contribution in [0, 0.1) is 0 Å². The maximum atomic E-state index is 10.2. The molecule has 5 heteroatoms. The Labute approximate surface area is 64.3 Å². The number of hydroxylamine groups is 1. The van der Waals surface area contributed by atoms with Crippen molar-refractivity contribution in [2.24, 2.45) is 0 Å². The van der Waals surface area contributed by atoms with Crippen molar-refractivity contribution in [1.29, 1.82) is 0 Å². The molecule has 0 rings (SSSR count). The summed E-state index contributed by atoms with van der Waals surface area (Å²) in [6.45, 7) is 0. The molecule has 64 valence electrons. The third kappa shape index (κ3) is 5.50. The summed E-state index contributed by atoms with van der Waals surface area (Å²) in [7, 11) is 1.37. The van der Waals surface area contributed by atoms with E-state index >= 15 is 0 Å². The lowest BCUT2D eigenvalue weighted by Crippen LogP contribution is -2.29. The Balaban J connectivity index is 3.51. The first-order chi connectivity index (χ1) is 5.20. The van der Waals surface area contributed by atoms with E-state index in [4.69, 9.17) is 5.11 Å². The lowest BCUT2D eigenvalue weighted by atomic mass is 10.2. The molecule has 5 nitrogen and oxygen atoms in total. The Morgan fingerprint density at radius 2 is 2.45 bits per heavy atom. The van der Waals surface area contributed by atoms with Gasteiger partial charge in [-0.2, -0.15) is 5.48 Å². The minimum absolute atomic E-state index is 0.0419. The lowest BCUT2D eigenvalue weighted by molar-refractivity contribution is -0.137. The van der Waals surface area contributed by atoms with Crippen LogP contribution in [-0.4, -0.2) is 30.5 Å². The lowest BCUT2D eigenvalue weighted by Gasteiger charge is -2.07. The fraction of sp³-hybridized carbons (Fsp3) is 0.667. The van der Waals surface area contributed by atoms with Gasteiger partial charge < -0.3 is 14.7 Å². The van der Waals surface area contributed by atoms with Crippen LogP contribution in [0.25, 0.3) is 0 Å². The van der Waals surface area contributed by atoms with Gasteiger partial charge in [0.2, 0.25) is 0 Å². The van der Waals surface area contributed by atoms with E-state index in [-0.39, 0.29) is 12.8 Å². The second-order valence-corrected chi connectivity index (χ2v) is 2.00. The van der Waals surface area contributed by atoms with Gasteiger partial charge in [0.15, 0.2) is 0 Å². The Kier molecular flexibility index (Phi) is 5.32. The van der Waals surface area contributed by atoms with Gasteiger partial charge >= 0.3 is 5.97 Å². The molecule has 0 aromatic rings. The van der Waals surface area contributed by atoms with Crippen LogP contribution < -0.4 is 5.48 Å². The highest BCUT2D eigenvalue weighted by Gasteiger charge is 2.07. The molecule has 0 saturated heterocycles. The summed E-state index contributed by atoms with van der Waals surface area (Å²) in [6, 6.07) is -0.531. The zero-order valence-corrected chi connectivity index (χ0v) is 6.24. The van der Waals surface area contributed by atoms with Gasteiger partial charge in [-0.3, -0.25) is 4.79 Å². The van der Waals surface area contributed by atoms with Gasteiger partial charge in [0, 0.05) is 6.42 Å². The minimum atomic E-state index is -0.922. The van der Waals surface area contributed by atoms with Crippen molar-refractivity contribution in [2.75, 3.05) is 7.11 Å². The second kappa shape index (κ2) is 5.82. The van der Waals surface area contributed by atoms with Crippen LogP contribution in [0.15, 0.2) is 0 Å². The molecule has 0 unspecified atom stereocenters. The monoisotopic (exact) mass is 161 g/mol. The summed E-state index contributed by atoms with van der Waals surface area (Å²) >= 11 is 0. The number of rotatable bonds is 6. The van der Waals surface area contributed by atoms with E-state index in [1.165, 1.54) is 7.11 Å². The van der Waals surface area contributed by atoms with E-state index in [1.54, 1.807) is 0 Å². The van der Waals surface area contributed by atoms with Gasteiger partial charge in [-0.1, -0.05) is 0 Å². The van der Waals surface area contributed by atoms with Gasteiger partial charge in [0.1, 0.15) is 6.29 Å². The third-order valence-electron chi connectivity index (χ3n) is 1.10. The van der Waals surface area contributed by atoms with Crippen LogP contribution in [0.2, 0.25) is 0 Å². The molecule has 0 amide bonds. The molecular formula is C6H11NO4. The Bertz CT molecular complexity index is 137. The number of carboxylic acid groups (broad SMARTS) is 1. The van der Waals surface area contributed by atoms with Crippen molar-refractivity contribution in [3.63, 3.8) is 0 Å². The number of carbonyl (C=O) groups is 2. The van der Waals surface area contributed by atoms with E-state index < -0.39 is 12.0 Å². The van der Waals surface area contributed by atoms with Gasteiger partial charge in [0.05, 0.1) is 13.2 Å². The van der Waals surface area contributed by atoms with E-state index in [9.17, 15) is 9.59 Å². The Morgan fingerprint density at radius 3 is 2.82 bits per heavy atom. The van der Waals surface area contributed by atoms with Crippen molar-refractivity contribution >= 4 is 12.3 Å². The highest BCUT2D eigenvalue weighted by atomic mass is 16.6. The summed E-state index contributed by atoms with van der Waals surface area (Å²) < 4.78 is 0. The third-order valence-corrected chi connectivity index (χ3v) is 1.10. The van der Waals surface area contributed by atoms with E-state index in [0.29, 0.717) is 6.29 Å². The molecule has 2 N–H and O–H groups in total. The highest BCUT2D eigenvalue weighted by molar-refractivity contribution is 5.68. The van der Waals surface area contributed by atoms with E-state index in [1.807, 2.05) is 0 Å². The molecule has 0 aromatic carbocycles. The van der Waals surface area contributed by atoms with Crippen molar-refractivity contribution in [1.82, 2.24) is 5.48 Å². The predicted molar refractivity (Wildman–Crippen MR) is 36.9 cm³/mol. The number of aliphatic carboxylic acids is 1. The fourth-order valence-electron chi connectivity index (χ4n) is 0.585. The molecule has 0 fully saturated rings. The number of aldehydes is 1. The van der Waals surface area contributed by atoms with Crippen molar-refractivity contribution < 1.29 is 19.5 Å². The van der Waals surface area contributed by atoms with E-state index in [2.05, 4.69) is 10.3 Å². The molecule has 11 heavy (non-hydrogen) atoms. The van der Waals surface area contributed by atoms with Gasteiger partial charge in [-0.15, -0.1) is 0 Å². The zero-order valence-electron chi connectivity index (χ0n) is 6.24. The van der Waals surface area contributed by atoms with Crippen LogP contribution in [0.1, 0.15) is 12.8 Å². The van der Waals surface area contributed by atoms with Gasteiger partial charge in [0.25, 0.3) is 0 Å². The predicted octanol–water partition coefficient (Wildman–Crippen LogP) is -0.430. The van der Waals surface area contributed by atoms with Crippen LogP contribution in [0.4, 0.5) is 0 Å². The first-order valence-corrected chi connectivity index (χ1v) is 3.16. The number of carboxylic acids is 1. The van der Waals surface area contributed by atoms with Crippen molar-refractivity contribution in [3.05, 3.63) is 0 Å². The van der Waals surface area contributed by atoms with Crippen LogP contribution in [0.5, 0.6) is 0 Å². The summed E-state index contributed by atoms with van der Waals surface area (Å²) in [6.07, 6.45) is 0.818. The zero-order chi connectivity index (χ0) is 8.69. The molecule has 0 aliphatic heterocycles. The minimum Gasteiger partial charge on any atom is -0.481 e. The molecule has 0 saturated carbocycles. The average Bonchev–Trinajstić information content (AvgIpc) is 1.97. The molecule has 0 spiro atoms. The van der Waals surface area contributed by atoms with Crippen molar-refractivity contribution in [2.45, 2.75) is 18.9 Å². The summed E-state index contributed by atoms with van der Waals surface area (Å²) in [5.74, 6) is -0.922. The second-order valence-electron chi connectivity index (χ2n) is 2.00. The molecule has 0 aromatic heterocycles. The molecule has 1 atom stereocenters. The summed E-state index contributed by atoms with van der Waals surface area (Å²) in [5, 5.41) is 8.24.